The fraction of sp³-hybridized carbons (Fsp3) is 0.500. The van der Waals surface area contributed by atoms with Crippen LogP contribution in [0.2, 0.25) is 0 Å². The van der Waals surface area contributed by atoms with Crippen LogP contribution in [0, 0.1) is 5.92 Å². The lowest BCUT2D eigenvalue weighted by Gasteiger charge is -2.26. The molecule has 1 aromatic rings. The van der Waals surface area contributed by atoms with Crippen LogP contribution in [-0.2, 0) is 4.79 Å². The van der Waals surface area contributed by atoms with E-state index in [0.29, 0.717) is 6.42 Å². The van der Waals surface area contributed by atoms with E-state index in [-0.39, 0.29) is 12.0 Å². The predicted molar refractivity (Wildman–Crippen MR) is 70.8 cm³/mol. The van der Waals surface area contributed by atoms with Gasteiger partial charge in [-0.15, -0.1) is 0 Å². The maximum atomic E-state index is 11.0. The Balaban J connectivity index is 2.86. The van der Waals surface area contributed by atoms with Crippen molar-refractivity contribution in [2.45, 2.75) is 19.4 Å². The van der Waals surface area contributed by atoms with Crippen LogP contribution in [0.5, 0.6) is 5.75 Å². The molecule has 0 aromatic heterocycles. The number of ether oxygens (including phenoxy) is 1. The molecule has 4 nitrogen and oxygen atoms in total. The smallest absolute Gasteiger partial charge is 0.306 e. The molecular formula is C14H21NO3. The van der Waals surface area contributed by atoms with E-state index in [1.54, 1.807) is 14.0 Å². The quantitative estimate of drug-likeness (QED) is 0.843. The van der Waals surface area contributed by atoms with E-state index in [1.165, 1.54) is 0 Å². The van der Waals surface area contributed by atoms with Crippen LogP contribution >= 0.6 is 0 Å². The number of rotatable bonds is 6. The Labute approximate surface area is 108 Å². The number of carboxylic acids is 1. The molecule has 0 bridgehead atoms. The van der Waals surface area contributed by atoms with Crippen LogP contribution in [0.4, 0.5) is 0 Å². The van der Waals surface area contributed by atoms with Crippen LogP contribution in [-0.4, -0.2) is 37.2 Å². The summed E-state index contributed by atoms with van der Waals surface area (Å²) in [6, 6.07) is 7.87. The fourth-order valence-corrected chi connectivity index (χ4v) is 1.91. The topological polar surface area (TPSA) is 49.8 Å². The standard InChI is InChI=1S/C14H21NO3/c1-10(14(16)17)9-13(15(2)3)11-5-7-12(18-4)8-6-11/h5-8,10,13H,9H2,1-4H3,(H,16,17). The lowest BCUT2D eigenvalue weighted by molar-refractivity contribution is -0.141. The highest BCUT2D eigenvalue weighted by atomic mass is 16.5. The van der Waals surface area contributed by atoms with Crippen LogP contribution < -0.4 is 4.74 Å². The zero-order valence-electron chi connectivity index (χ0n) is 11.4. The lowest BCUT2D eigenvalue weighted by Crippen LogP contribution is -2.24. The summed E-state index contributed by atoms with van der Waals surface area (Å²) in [5, 5.41) is 9.00. The molecule has 0 aliphatic heterocycles. The highest BCUT2D eigenvalue weighted by Crippen LogP contribution is 2.27. The number of aliphatic carboxylic acids is 1. The second-order valence-corrected chi connectivity index (χ2v) is 4.73. The highest BCUT2D eigenvalue weighted by Gasteiger charge is 2.21. The van der Waals surface area contributed by atoms with Gasteiger partial charge in [0.2, 0.25) is 0 Å². The number of carbonyl (C=O) groups is 1. The summed E-state index contributed by atoms with van der Waals surface area (Å²) >= 11 is 0. The number of methoxy groups -OCH3 is 1. The van der Waals surface area contributed by atoms with Gasteiger partial charge in [0.15, 0.2) is 0 Å². The summed E-state index contributed by atoms with van der Waals surface area (Å²) in [6.07, 6.45) is 0.592. The number of hydrogen-bond donors (Lipinski definition) is 1. The molecule has 0 saturated heterocycles. The first-order valence-electron chi connectivity index (χ1n) is 5.99. The van der Waals surface area contributed by atoms with Gasteiger partial charge < -0.3 is 14.7 Å². The highest BCUT2D eigenvalue weighted by molar-refractivity contribution is 5.69. The molecule has 0 aliphatic carbocycles. The van der Waals surface area contributed by atoms with E-state index in [0.717, 1.165) is 11.3 Å². The molecule has 0 amide bonds. The molecule has 1 N–H and O–H groups in total. The van der Waals surface area contributed by atoms with Gasteiger partial charge in [0.1, 0.15) is 5.75 Å². The zero-order valence-corrected chi connectivity index (χ0v) is 11.4. The monoisotopic (exact) mass is 251 g/mol. The van der Waals surface area contributed by atoms with Gasteiger partial charge in [0.05, 0.1) is 13.0 Å². The minimum Gasteiger partial charge on any atom is -0.497 e. The molecular weight excluding hydrogens is 230 g/mol. The first kappa shape index (κ1) is 14.5. The first-order chi connectivity index (χ1) is 8.45. The van der Waals surface area contributed by atoms with Gasteiger partial charge >= 0.3 is 5.97 Å². The Morgan fingerprint density at radius 3 is 2.28 bits per heavy atom. The molecule has 2 atom stereocenters. The molecule has 0 fully saturated rings. The van der Waals surface area contributed by atoms with Crippen LogP contribution in [0.15, 0.2) is 24.3 Å². The Morgan fingerprint density at radius 1 is 1.33 bits per heavy atom. The molecule has 0 radical (unpaired) electrons. The van der Waals surface area contributed by atoms with Crippen molar-refractivity contribution in [3.05, 3.63) is 29.8 Å². The Morgan fingerprint density at radius 2 is 1.89 bits per heavy atom. The molecule has 0 spiro atoms. The van der Waals surface area contributed by atoms with Crippen LogP contribution in [0.3, 0.4) is 0 Å². The van der Waals surface area contributed by atoms with E-state index in [2.05, 4.69) is 0 Å². The molecule has 0 saturated carbocycles. The molecule has 2 unspecified atom stereocenters. The zero-order chi connectivity index (χ0) is 13.7. The van der Waals surface area contributed by atoms with Crippen molar-refractivity contribution in [1.82, 2.24) is 4.90 Å². The number of hydrogen-bond acceptors (Lipinski definition) is 3. The molecule has 0 heterocycles. The number of benzene rings is 1. The lowest BCUT2D eigenvalue weighted by atomic mass is 9.95. The van der Waals surface area contributed by atoms with E-state index >= 15 is 0 Å². The van der Waals surface area contributed by atoms with Gasteiger partial charge in [-0.1, -0.05) is 19.1 Å². The molecule has 1 rings (SSSR count). The summed E-state index contributed by atoms with van der Waals surface area (Å²) < 4.78 is 5.12. The SMILES string of the molecule is COc1ccc(C(CC(C)C(=O)O)N(C)C)cc1. The van der Waals surface area contributed by atoms with Crippen molar-refractivity contribution in [2.75, 3.05) is 21.2 Å². The van der Waals surface area contributed by atoms with E-state index in [1.807, 2.05) is 43.3 Å². The molecule has 100 valence electrons. The Hall–Kier alpha value is -1.55. The van der Waals surface area contributed by atoms with Gasteiger partial charge in [0.25, 0.3) is 0 Å². The Bertz CT molecular complexity index is 387. The second kappa shape index (κ2) is 6.40. The van der Waals surface area contributed by atoms with Crippen molar-refractivity contribution in [2.24, 2.45) is 5.92 Å². The third kappa shape index (κ3) is 3.74. The second-order valence-electron chi connectivity index (χ2n) is 4.73. The molecule has 1 aromatic carbocycles. The van der Waals surface area contributed by atoms with E-state index in [9.17, 15) is 4.79 Å². The number of carboxylic acid groups (broad SMARTS) is 1. The van der Waals surface area contributed by atoms with E-state index in [4.69, 9.17) is 9.84 Å². The van der Waals surface area contributed by atoms with Crippen LogP contribution in [0.1, 0.15) is 24.9 Å². The minimum absolute atomic E-state index is 0.0991. The van der Waals surface area contributed by atoms with Crippen molar-refractivity contribution in [3.63, 3.8) is 0 Å². The Kier molecular flexibility index (Phi) is 5.16. The van der Waals surface area contributed by atoms with Gasteiger partial charge in [0, 0.05) is 6.04 Å². The van der Waals surface area contributed by atoms with Crippen molar-refractivity contribution < 1.29 is 14.6 Å². The summed E-state index contributed by atoms with van der Waals surface area (Å²) in [6.45, 7) is 1.74. The summed E-state index contributed by atoms with van der Waals surface area (Å²) in [5.41, 5.74) is 1.11. The van der Waals surface area contributed by atoms with Crippen LogP contribution in [0.25, 0.3) is 0 Å². The third-order valence-electron chi connectivity index (χ3n) is 3.12. The third-order valence-corrected chi connectivity index (χ3v) is 3.12. The van der Waals surface area contributed by atoms with Gasteiger partial charge in [-0.05, 0) is 38.2 Å². The molecule has 4 heteroatoms. The maximum absolute atomic E-state index is 11.0. The normalized spacial score (nSPS) is 14.3. The first-order valence-corrected chi connectivity index (χ1v) is 5.99. The maximum Gasteiger partial charge on any atom is 0.306 e. The summed E-state index contributed by atoms with van der Waals surface area (Å²) in [5.74, 6) is -0.308. The van der Waals surface area contributed by atoms with Crippen molar-refractivity contribution >= 4 is 5.97 Å². The average Bonchev–Trinajstić information content (AvgIpc) is 2.35. The van der Waals surface area contributed by atoms with E-state index < -0.39 is 5.97 Å². The molecule has 0 aliphatic rings. The van der Waals surface area contributed by atoms with Crippen molar-refractivity contribution in [1.29, 1.82) is 0 Å². The number of nitrogens with zero attached hydrogens (tertiary/aromatic N) is 1. The predicted octanol–water partition coefficient (Wildman–Crippen LogP) is 2.41. The van der Waals surface area contributed by atoms with Gasteiger partial charge in [-0.25, -0.2) is 0 Å². The summed E-state index contributed by atoms with van der Waals surface area (Å²) in [4.78, 5) is 13.0. The molecule has 18 heavy (non-hydrogen) atoms. The largest absolute Gasteiger partial charge is 0.497 e. The average molecular weight is 251 g/mol. The van der Waals surface area contributed by atoms with Gasteiger partial charge in [-0.2, -0.15) is 0 Å². The van der Waals surface area contributed by atoms with Crippen molar-refractivity contribution in [3.8, 4) is 5.75 Å². The minimum atomic E-state index is -0.754. The summed E-state index contributed by atoms with van der Waals surface area (Å²) in [7, 11) is 5.55. The van der Waals surface area contributed by atoms with Gasteiger partial charge in [-0.3, -0.25) is 4.79 Å². The fourth-order valence-electron chi connectivity index (χ4n) is 1.91.